The van der Waals surface area contributed by atoms with Crippen molar-refractivity contribution in [2.24, 2.45) is 0 Å². The minimum absolute atomic E-state index is 0.00165. The fraction of sp³-hybridized carbons (Fsp3) is 0.333. The van der Waals surface area contributed by atoms with Gasteiger partial charge in [-0.3, -0.25) is 4.79 Å². The Labute approximate surface area is 182 Å². The Kier molecular flexibility index (Phi) is 5.67. The van der Waals surface area contributed by atoms with Crippen molar-refractivity contribution in [3.8, 4) is 16.9 Å². The Morgan fingerprint density at radius 3 is 2.43 bits per heavy atom. The molecule has 1 aliphatic rings. The molecule has 1 fully saturated rings. The molecule has 1 aromatic heterocycles. The first kappa shape index (κ1) is 20.6. The third-order valence-electron chi connectivity index (χ3n) is 5.37. The molecule has 30 heavy (non-hydrogen) atoms. The van der Waals surface area contributed by atoms with Crippen LogP contribution >= 0.6 is 11.6 Å². The van der Waals surface area contributed by atoms with Crippen molar-refractivity contribution in [1.82, 2.24) is 14.7 Å². The number of ether oxygens (including phenoxy) is 1. The fourth-order valence-corrected chi connectivity index (χ4v) is 4.30. The topological polar surface area (TPSA) is 47.4 Å². The molecular weight excluding hydrogens is 398 g/mol. The Bertz CT molecular complexity index is 1080. The van der Waals surface area contributed by atoms with Gasteiger partial charge in [0.25, 0.3) is 5.91 Å². The minimum Gasteiger partial charge on any atom is -0.372 e. The summed E-state index contributed by atoms with van der Waals surface area (Å²) in [6.07, 6.45) is -0.00330. The highest BCUT2D eigenvalue weighted by Gasteiger charge is 2.30. The van der Waals surface area contributed by atoms with Crippen LogP contribution in [0.1, 0.15) is 35.5 Å². The van der Waals surface area contributed by atoms with E-state index in [0.29, 0.717) is 29.5 Å². The van der Waals surface area contributed by atoms with Crippen LogP contribution in [0.3, 0.4) is 0 Å². The predicted octanol–water partition coefficient (Wildman–Crippen LogP) is 5.06. The van der Waals surface area contributed by atoms with Crippen molar-refractivity contribution >= 4 is 17.5 Å². The van der Waals surface area contributed by atoms with E-state index in [2.05, 4.69) is 13.0 Å². The van der Waals surface area contributed by atoms with E-state index >= 15 is 0 Å². The number of aromatic nitrogens is 2. The molecule has 0 radical (unpaired) electrons. The molecule has 1 saturated heterocycles. The van der Waals surface area contributed by atoms with E-state index in [0.717, 1.165) is 16.8 Å². The molecule has 156 valence electrons. The number of halogens is 1. The van der Waals surface area contributed by atoms with Crippen molar-refractivity contribution in [3.63, 3.8) is 0 Å². The van der Waals surface area contributed by atoms with Crippen molar-refractivity contribution in [2.45, 2.75) is 39.9 Å². The lowest BCUT2D eigenvalue weighted by Gasteiger charge is -2.35. The zero-order valence-electron chi connectivity index (χ0n) is 17.7. The van der Waals surface area contributed by atoms with E-state index < -0.39 is 0 Å². The number of benzene rings is 2. The van der Waals surface area contributed by atoms with Gasteiger partial charge in [-0.1, -0.05) is 47.5 Å². The first-order valence-corrected chi connectivity index (χ1v) is 10.6. The lowest BCUT2D eigenvalue weighted by Crippen LogP contribution is -2.48. The Hall–Kier alpha value is -2.63. The van der Waals surface area contributed by atoms with Crippen molar-refractivity contribution in [3.05, 3.63) is 70.4 Å². The third-order valence-corrected chi connectivity index (χ3v) is 5.70. The lowest BCUT2D eigenvalue weighted by atomic mass is 10.1. The molecular formula is C24H26ClN3O2. The quantitative estimate of drug-likeness (QED) is 0.591. The first-order valence-electron chi connectivity index (χ1n) is 10.2. The van der Waals surface area contributed by atoms with Gasteiger partial charge in [0.1, 0.15) is 5.69 Å². The lowest BCUT2D eigenvalue weighted by molar-refractivity contribution is -0.0588. The predicted molar refractivity (Wildman–Crippen MR) is 119 cm³/mol. The molecule has 1 aliphatic heterocycles. The Morgan fingerprint density at radius 2 is 1.77 bits per heavy atom. The van der Waals surface area contributed by atoms with Crippen molar-refractivity contribution in [2.75, 3.05) is 13.1 Å². The van der Waals surface area contributed by atoms with Crippen LogP contribution in [0.25, 0.3) is 16.9 Å². The van der Waals surface area contributed by atoms with Gasteiger partial charge < -0.3 is 9.64 Å². The fourth-order valence-electron chi connectivity index (χ4n) is 4.07. The standard InChI is InChI=1S/C24H26ClN3O2/c1-15-9-10-22(16(2)11-15)28-23(24(29)27-13-17(3)30-18(4)14-27)12-21(26-28)19-7-5-6-8-20(19)25/h5-12,17-18H,13-14H2,1-4H3/t17-,18-/m0/s1. The second-order valence-corrected chi connectivity index (χ2v) is 8.47. The summed E-state index contributed by atoms with van der Waals surface area (Å²) < 4.78 is 7.56. The molecule has 5 nitrogen and oxygen atoms in total. The van der Waals surface area contributed by atoms with Gasteiger partial charge in [-0.15, -0.1) is 0 Å². The summed E-state index contributed by atoms with van der Waals surface area (Å²) in [4.78, 5) is 15.4. The SMILES string of the molecule is Cc1ccc(-n2nc(-c3ccccc3Cl)cc2C(=O)N2C[C@H](C)O[C@@H](C)C2)c(C)c1. The number of hydrogen-bond acceptors (Lipinski definition) is 3. The van der Waals surface area contributed by atoms with Crippen molar-refractivity contribution < 1.29 is 9.53 Å². The first-order chi connectivity index (χ1) is 14.3. The molecule has 2 atom stereocenters. The average molecular weight is 424 g/mol. The van der Waals surface area contributed by atoms with Gasteiger partial charge in [0.05, 0.1) is 28.6 Å². The molecule has 0 saturated carbocycles. The summed E-state index contributed by atoms with van der Waals surface area (Å²) in [5.74, 6) is -0.0530. The highest BCUT2D eigenvalue weighted by molar-refractivity contribution is 6.33. The van der Waals surface area contributed by atoms with Gasteiger partial charge in [0.2, 0.25) is 0 Å². The molecule has 2 aromatic carbocycles. The minimum atomic E-state index is -0.0530. The molecule has 6 heteroatoms. The van der Waals surface area contributed by atoms with Crippen LogP contribution in [0.15, 0.2) is 48.5 Å². The summed E-state index contributed by atoms with van der Waals surface area (Å²) in [7, 11) is 0. The highest BCUT2D eigenvalue weighted by Crippen LogP contribution is 2.30. The van der Waals surface area contributed by atoms with E-state index in [9.17, 15) is 4.79 Å². The van der Waals surface area contributed by atoms with Crippen LogP contribution < -0.4 is 0 Å². The van der Waals surface area contributed by atoms with E-state index in [4.69, 9.17) is 21.4 Å². The number of rotatable bonds is 3. The van der Waals surface area contributed by atoms with Gasteiger partial charge >= 0.3 is 0 Å². The highest BCUT2D eigenvalue weighted by atomic mass is 35.5. The third kappa shape index (κ3) is 4.00. The average Bonchev–Trinajstić information content (AvgIpc) is 3.11. The normalized spacial score (nSPS) is 19.2. The summed E-state index contributed by atoms with van der Waals surface area (Å²) in [5, 5.41) is 5.42. The van der Waals surface area contributed by atoms with Crippen LogP contribution in [-0.4, -0.2) is 45.9 Å². The van der Waals surface area contributed by atoms with Crippen LogP contribution in [-0.2, 0) is 4.74 Å². The smallest absolute Gasteiger partial charge is 0.272 e. The van der Waals surface area contributed by atoms with E-state index in [-0.39, 0.29) is 18.1 Å². The molecule has 0 unspecified atom stereocenters. The van der Waals surface area contributed by atoms with Gasteiger partial charge in [-0.2, -0.15) is 5.10 Å². The Balaban J connectivity index is 1.83. The monoisotopic (exact) mass is 423 g/mol. The maximum Gasteiger partial charge on any atom is 0.272 e. The molecule has 0 aliphatic carbocycles. The zero-order valence-corrected chi connectivity index (χ0v) is 18.5. The largest absolute Gasteiger partial charge is 0.372 e. The van der Waals surface area contributed by atoms with Crippen LogP contribution in [0.2, 0.25) is 5.02 Å². The second kappa shape index (κ2) is 8.25. The summed E-state index contributed by atoms with van der Waals surface area (Å²) in [6.45, 7) is 9.19. The number of aryl methyl sites for hydroxylation is 2. The molecule has 4 rings (SSSR count). The maximum atomic E-state index is 13.6. The van der Waals surface area contributed by atoms with Crippen LogP contribution in [0.4, 0.5) is 0 Å². The molecule has 0 spiro atoms. The van der Waals surface area contributed by atoms with E-state index in [1.54, 1.807) is 4.68 Å². The summed E-state index contributed by atoms with van der Waals surface area (Å²) in [5.41, 5.74) is 5.12. The van der Waals surface area contributed by atoms with Crippen LogP contribution in [0.5, 0.6) is 0 Å². The molecule has 3 aromatic rings. The van der Waals surface area contributed by atoms with E-state index in [1.807, 2.05) is 68.1 Å². The number of hydrogen-bond donors (Lipinski definition) is 0. The Morgan fingerprint density at radius 1 is 1.07 bits per heavy atom. The number of carbonyl (C=O) groups is 1. The number of nitrogens with zero attached hydrogens (tertiary/aromatic N) is 3. The van der Waals surface area contributed by atoms with Gasteiger partial charge in [-0.05, 0) is 51.5 Å². The molecule has 0 bridgehead atoms. The molecule has 1 amide bonds. The van der Waals surface area contributed by atoms with Gasteiger partial charge in [0.15, 0.2) is 0 Å². The van der Waals surface area contributed by atoms with Gasteiger partial charge in [-0.25, -0.2) is 4.68 Å². The summed E-state index contributed by atoms with van der Waals surface area (Å²) >= 11 is 6.42. The zero-order chi connectivity index (χ0) is 21.4. The number of amides is 1. The van der Waals surface area contributed by atoms with E-state index in [1.165, 1.54) is 5.56 Å². The maximum absolute atomic E-state index is 13.6. The van der Waals surface area contributed by atoms with Crippen molar-refractivity contribution in [1.29, 1.82) is 0 Å². The number of carbonyl (C=O) groups excluding carboxylic acids is 1. The van der Waals surface area contributed by atoms with Crippen LogP contribution in [0, 0.1) is 13.8 Å². The molecule has 0 N–H and O–H groups in total. The molecule has 2 heterocycles. The van der Waals surface area contributed by atoms with Gasteiger partial charge in [0, 0.05) is 18.7 Å². The second-order valence-electron chi connectivity index (χ2n) is 8.06. The number of morpholine rings is 1. The summed E-state index contributed by atoms with van der Waals surface area (Å²) in [6, 6.07) is 15.5.